The minimum atomic E-state index is -0.425. The van der Waals surface area contributed by atoms with Crippen molar-refractivity contribution in [1.29, 1.82) is 0 Å². The Balaban J connectivity index is 2.05. The van der Waals surface area contributed by atoms with Crippen LogP contribution in [-0.4, -0.2) is 19.0 Å². The van der Waals surface area contributed by atoms with Crippen molar-refractivity contribution in [3.8, 4) is 0 Å². The topological polar surface area (TPSA) is 55.4 Å². The van der Waals surface area contributed by atoms with E-state index in [0.29, 0.717) is 9.75 Å². The zero-order chi connectivity index (χ0) is 15.4. The number of thiophene rings is 1. The lowest BCUT2D eigenvalue weighted by atomic mass is 10.1. The zero-order valence-corrected chi connectivity index (χ0v) is 13.0. The Kier molecular flexibility index (Phi) is 4.75. The first kappa shape index (κ1) is 15.3. The monoisotopic (exact) mass is 303 g/mol. The molecule has 0 radical (unpaired) electrons. The van der Waals surface area contributed by atoms with E-state index in [1.54, 1.807) is 12.1 Å². The molecule has 1 atom stereocenters. The summed E-state index contributed by atoms with van der Waals surface area (Å²) in [4.78, 5) is 24.5. The molecule has 0 aliphatic carbocycles. The highest BCUT2D eigenvalue weighted by atomic mass is 32.1. The van der Waals surface area contributed by atoms with E-state index in [0.717, 1.165) is 16.9 Å². The third kappa shape index (κ3) is 3.70. The van der Waals surface area contributed by atoms with Crippen LogP contribution < -0.4 is 5.32 Å². The number of aryl methyl sites for hydroxylation is 1. The van der Waals surface area contributed by atoms with Crippen molar-refractivity contribution in [2.45, 2.75) is 19.9 Å². The number of amides is 1. The molecule has 0 saturated carbocycles. The van der Waals surface area contributed by atoms with Gasteiger partial charge in [-0.25, -0.2) is 4.79 Å². The van der Waals surface area contributed by atoms with E-state index in [-0.39, 0.29) is 11.9 Å². The van der Waals surface area contributed by atoms with Crippen LogP contribution in [0.5, 0.6) is 0 Å². The molecule has 0 bridgehead atoms. The number of nitrogens with one attached hydrogen (secondary N) is 1. The van der Waals surface area contributed by atoms with Crippen LogP contribution in [0.2, 0.25) is 0 Å². The normalized spacial score (nSPS) is 11.8. The molecule has 2 aromatic rings. The van der Waals surface area contributed by atoms with Crippen LogP contribution in [0, 0.1) is 6.92 Å². The van der Waals surface area contributed by atoms with Crippen LogP contribution in [-0.2, 0) is 4.74 Å². The van der Waals surface area contributed by atoms with Gasteiger partial charge >= 0.3 is 5.97 Å². The largest absolute Gasteiger partial charge is 0.465 e. The summed E-state index contributed by atoms with van der Waals surface area (Å²) in [5, 5.41) is 2.92. The molecule has 1 unspecified atom stereocenters. The summed E-state index contributed by atoms with van der Waals surface area (Å²) in [6.07, 6.45) is 0. The maximum atomic E-state index is 12.2. The van der Waals surface area contributed by atoms with Gasteiger partial charge in [0.15, 0.2) is 0 Å². The molecule has 0 fully saturated rings. The van der Waals surface area contributed by atoms with Crippen LogP contribution in [0.3, 0.4) is 0 Å². The lowest BCUT2D eigenvalue weighted by Crippen LogP contribution is -2.25. The summed E-state index contributed by atoms with van der Waals surface area (Å²) in [5.74, 6) is -0.617. The molecule has 0 aliphatic heterocycles. The summed E-state index contributed by atoms with van der Waals surface area (Å²) in [5.41, 5.74) is 2.22. The molecule has 1 aromatic carbocycles. The predicted octanol–water partition coefficient (Wildman–Crippen LogP) is 3.33. The van der Waals surface area contributed by atoms with Crippen LogP contribution in [0.4, 0.5) is 0 Å². The Bertz CT molecular complexity index is 646. The van der Waals surface area contributed by atoms with E-state index < -0.39 is 5.97 Å². The van der Waals surface area contributed by atoms with Crippen molar-refractivity contribution in [1.82, 2.24) is 5.32 Å². The van der Waals surface area contributed by atoms with Gasteiger partial charge in [-0.15, -0.1) is 11.3 Å². The Morgan fingerprint density at radius 2 is 1.71 bits per heavy atom. The van der Waals surface area contributed by atoms with Gasteiger partial charge in [-0.1, -0.05) is 29.8 Å². The quantitative estimate of drug-likeness (QED) is 0.881. The maximum Gasteiger partial charge on any atom is 0.348 e. The third-order valence-corrected chi connectivity index (χ3v) is 4.21. The number of esters is 1. The number of hydrogen-bond acceptors (Lipinski definition) is 4. The molecule has 4 nitrogen and oxygen atoms in total. The number of benzene rings is 1. The summed E-state index contributed by atoms with van der Waals surface area (Å²) >= 11 is 1.13. The van der Waals surface area contributed by atoms with E-state index in [2.05, 4.69) is 10.1 Å². The van der Waals surface area contributed by atoms with Crippen LogP contribution in [0.25, 0.3) is 0 Å². The Labute approximate surface area is 127 Å². The number of methoxy groups -OCH3 is 1. The molecule has 5 heteroatoms. The number of hydrogen-bond donors (Lipinski definition) is 1. The number of carbonyl (C=O) groups is 2. The lowest BCUT2D eigenvalue weighted by Gasteiger charge is -2.13. The highest BCUT2D eigenvalue weighted by molar-refractivity contribution is 7.15. The van der Waals surface area contributed by atoms with Crippen molar-refractivity contribution in [3.05, 3.63) is 57.3 Å². The standard InChI is InChI=1S/C16H17NO3S/c1-10-4-6-12(7-5-10)11(2)17-15(18)13-8-9-14(21-13)16(19)20-3/h4-9,11H,1-3H3,(H,17,18). The SMILES string of the molecule is COC(=O)c1ccc(C(=O)NC(C)c2ccc(C)cc2)s1. The number of rotatable bonds is 4. The predicted molar refractivity (Wildman–Crippen MR) is 82.7 cm³/mol. The van der Waals surface area contributed by atoms with E-state index in [4.69, 9.17) is 0 Å². The minimum absolute atomic E-state index is 0.0956. The van der Waals surface area contributed by atoms with Crippen molar-refractivity contribution in [2.75, 3.05) is 7.11 Å². The molecule has 1 heterocycles. The van der Waals surface area contributed by atoms with E-state index in [1.807, 2.05) is 38.1 Å². The minimum Gasteiger partial charge on any atom is -0.465 e. The Morgan fingerprint density at radius 3 is 2.33 bits per heavy atom. The van der Waals surface area contributed by atoms with Gasteiger partial charge in [0.1, 0.15) is 4.88 Å². The van der Waals surface area contributed by atoms with Gasteiger partial charge in [0.05, 0.1) is 18.0 Å². The molecule has 0 spiro atoms. The van der Waals surface area contributed by atoms with E-state index in [1.165, 1.54) is 12.7 Å². The molecular formula is C16H17NO3S. The van der Waals surface area contributed by atoms with Crippen LogP contribution in [0.15, 0.2) is 36.4 Å². The fourth-order valence-electron chi connectivity index (χ4n) is 1.88. The summed E-state index contributed by atoms with van der Waals surface area (Å²) in [6.45, 7) is 3.95. The van der Waals surface area contributed by atoms with Gasteiger partial charge in [-0.05, 0) is 31.5 Å². The highest BCUT2D eigenvalue weighted by Crippen LogP contribution is 2.19. The first-order valence-corrected chi connectivity index (χ1v) is 7.38. The summed E-state index contributed by atoms with van der Waals surface area (Å²) < 4.78 is 4.63. The molecule has 1 aromatic heterocycles. The molecule has 1 amide bonds. The van der Waals surface area contributed by atoms with Crippen molar-refractivity contribution >= 4 is 23.2 Å². The van der Waals surface area contributed by atoms with Gasteiger partial charge in [0, 0.05) is 0 Å². The summed E-state index contributed by atoms with van der Waals surface area (Å²) in [6, 6.07) is 11.2. The highest BCUT2D eigenvalue weighted by Gasteiger charge is 2.16. The smallest absolute Gasteiger partial charge is 0.348 e. The summed E-state index contributed by atoms with van der Waals surface area (Å²) in [7, 11) is 1.32. The second-order valence-electron chi connectivity index (χ2n) is 4.76. The second-order valence-corrected chi connectivity index (χ2v) is 5.85. The van der Waals surface area contributed by atoms with E-state index >= 15 is 0 Å². The van der Waals surface area contributed by atoms with E-state index in [9.17, 15) is 9.59 Å². The van der Waals surface area contributed by atoms with Crippen molar-refractivity contribution in [3.63, 3.8) is 0 Å². The maximum absolute atomic E-state index is 12.2. The van der Waals surface area contributed by atoms with Crippen molar-refractivity contribution in [2.24, 2.45) is 0 Å². The van der Waals surface area contributed by atoms with Gasteiger partial charge in [0.2, 0.25) is 0 Å². The molecule has 0 saturated heterocycles. The molecule has 21 heavy (non-hydrogen) atoms. The zero-order valence-electron chi connectivity index (χ0n) is 12.2. The molecule has 0 aliphatic rings. The second kappa shape index (κ2) is 6.54. The van der Waals surface area contributed by atoms with Crippen LogP contribution in [0.1, 0.15) is 43.4 Å². The average Bonchev–Trinajstić information content (AvgIpc) is 2.97. The molecular weight excluding hydrogens is 286 g/mol. The first-order valence-electron chi connectivity index (χ1n) is 6.57. The van der Waals surface area contributed by atoms with Gasteiger partial charge in [-0.2, -0.15) is 0 Å². The first-order chi connectivity index (χ1) is 10.0. The molecule has 110 valence electrons. The van der Waals surface area contributed by atoms with Gasteiger partial charge in [0.25, 0.3) is 5.91 Å². The number of carbonyl (C=O) groups excluding carboxylic acids is 2. The van der Waals surface area contributed by atoms with Crippen LogP contribution >= 0.6 is 11.3 Å². The third-order valence-electron chi connectivity index (χ3n) is 3.14. The van der Waals surface area contributed by atoms with Crippen molar-refractivity contribution < 1.29 is 14.3 Å². The lowest BCUT2D eigenvalue weighted by molar-refractivity contribution is 0.0606. The molecule has 2 rings (SSSR count). The molecule has 1 N–H and O–H groups in total. The number of ether oxygens (including phenoxy) is 1. The van der Waals surface area contributed by atoms with Gasteiger partial charge < -0.3 is 10.1 Å². The Morgan fingerprint density at radius 1 is 1.10 bits per heavy atom. The fraction of sp³-hybridized carbons (Fsp3) is 0.250. The Hall–Kier alpha value is -2.14. The fourth-order valence-corrected chi connectivity index (χ4v) is 2.70. The average molecular weight is 303 g/mol. The van der Waals surface area contributed by atoms with Gasteiger partial charge in [-0.3, -0.25) is 4.79 Å².